The van der Waals surface area contributed by atoms with E-state index in [1.165, 1.54) is 39.0 Å². The van der Waals surface area contributed by atoms with Crippen LogP contribution in [0.5, 0.6) is 0 Å². The zero-order valence-electron chi connectivity index (χ0n) is 10.8. The van der Waals surface area contributed by atoms with Crippen molar-refractivity contribution in [3.05, 3.63) is 0 Å². The minimum atomic E-state index is -1.57. The Morgan fingerprint density at radius 1 is 1.17 bits per heavy atom. The van der Waals surface area contributed by atoms with Crippen molar-refractivity contribution in [3.63, 3.8) is 0 Å². The van der Waals surface area contributed by atoms with Crippen molar-refractivity contribution in [3.8, 4) is 0 Å². The number of carbonyl (C=O) groups is 1. The summed E-state index contributed by atoms with van der Waals surface area (Å²) < 4.78 is 0. The molecule has 0 aromatic rings. The van der Waals surface area contributed by atoms with Crippen LogP contribution in [0.25, 0.3) is 0 Å². The summed E-state index contributed by atoms with van der Waals surface area (Å²) >= 11 is 1.72. The van der Waals surface area contributed by atoms with Gasteiger partial charge in [-0.25, -0.2) is 4.79 Å². The van der Waals surface area contributed by atoms with Gasteiger partial charge in [0.2, 0.25) is 0 Å². The molecular formula is C14H22O3S. The summed E-state index contributed by atoms with van der Waals surface area (Å²) in [7, 11) is 0. The molecule has 4 heteroatoms. The molecule has 4 saturated carbocycles. The molecule has 0 heterocycles. The van der Waals surface area contributed by atoms with Crippen LogP contribution in [0, 0.1) is 23.7 Å². The van der Waals surface area contributed by atoms with Gasteiger partial charge in [-0.2, -0.15) is 11.8 Å². The first kappa shape index (κ1) is 12.8. The first-order valence-electron chi connectivity index (χ1n) is 7.03. The summed E-state index contributed by atoms with van der Waals surface area (Å²) in [5, 5.41) is 19.4. The largest absolute Gasteiger partial charge is 0.479 e. The second-order valence-electron chi connectivity index (χ2n) is 6.79. The highest BCUT2D eigenvalue weighted by molar-refractivity contribution is 8.00. The van der Waals surface area contributed by atoms with Gasteiger partial charge in [0.1, 0.15) is 0 Å². The molecular weight excluding hydrogens is 248 g/mol. The van der Waals surface area contributed by atoms with E-state index in [1.807, 2.05) is 0 Å². The maximum atomic E-state index is 10.9. The van der Waals surface area contributed by atoms with Crippen LogP contribution in [0.4, 0.5) is 0 Å². The fourth-order valence-electron chi connectivity index (χ4n) is 4.47. The van der Waals surface area contributed by atoms with Crippen molar-refractivity contribution in [2.24, 2.45) is 23.7 Å². The maximum Gasteiger partial charge on any atom is 0.336 e. The Bertz CT molecular complexity index is 325. The van der Waals surface area contributed by atoms with Gasteiger partial charge in [-0.3, -0.25) is 0 Å². The smallest absolute Gasteiger partial charge is 0.336 e. The van der Waals surface area contributed by atoms with Gasteiger partial charge in [0.25, 0.3) is 0 Å². The molecule has 4 aliphatic rings. The lowest BCUT2D eigenvalue weighted by Gasteiger charge is -2.54. The zero-order chi connectivity index (χ0) is 12.9. The predicted octanol–water partition coefficient (Wildman–Crippen LogP) is 2.38. The molecule has 0 amide bonds. The van der Waals surface area contributed by atoms with E-state index in [2.05, 4.69) is 0 Å². The number of hydrogen-bond donors (Lipinski definition) is 2. The molecule has 0 radical (unpaired) electrons. The molecule has 18 heavy (non-hydrogen) atoms. The van der Waals surface area contributed by atoms with Crippen molar-refractivity contribution < 1.29 is 15.0 Å². The summed E-state index contributed by atoms with van der Waals surface area (Å²) in [6.07, 6.45) is 6.83. The molecule has 0 aromatic carbocycles. The second-order valence-corrected chi connectivity index (χ2v) is 7.95. The highest BCUT2D eigenvalue weighted by atomic mass is 32.2. The highest BCUT2D eigenvalue weighted by Crippen LogP contribution is 2.57. The van der Waals surface area contributed by atoms with Crippen molar-refractivity contribution in [2.75, 3.05) is 5.75 Å². The number of aliphatic hydroxyl groups is 1. The molecule has 3 nitrogen and oxygen atoms in total. The lowest BCUT2D eigenvalue weighted by molar-refractivity contribution is -0.154. The van der Waals surface area contributed by atoms with Gasteiger partial charge in [0.05, 0.1) is 0 Å². The minimum absolute atomic E-state index is 0.329. The lowest BCUT2D eigenvalue weighted by Crippen LogP contribution is -2.48. The highest BCUT2D eigenvalue weighted by Gasteiger charge is 2.48. The van der Waals surface area contributed by atoms with Gasteiger partial charge < -0.3 is 10.2 Å². The molecule has 0 aliphatic heterocycles. The van der Waals surface area contributed by atoms with E-state index in [-0.39, 0.29) is 0 Å². The number of carboxylic acid groups (broad SMARTS) is 1. The number of aliphatic carboxylic acids is 1. The van der Waals surface area contributed by atoms with Crippen molar-refractivity contribution >= 4 is 17.7 Å². The monoisotopic (exact) mass is 270 g/mol. The average molecular weight is 270 g/mol. The molecule has 0 saturated heterocycles. The molecule has 1 unspecified atom stereocenters. The van der Waals surface area contributed by atoms with Gasteiger partial charge in [0.15, 0.2) is 5.60 Å². The number of hydrogen-bond acceptors (Lipinski definition) is 3. The standard InChI is InChI=1S/C14H22O3S/c1-14(17,13(15)16)7-18-12-10-3-8-2-9(5-10)6-11(12)4-8/h8-12,17H,2-7H2,1H3,(H,15,16). The first-order valence-corrected chi connectivity index (χ1v) is 8.08. The van der Waals surface area contributed by atoms with Crippen LogP contribution in [0.2, 0.25) is 0 Å². The van der Waals surface area contributed by atoms with E-state index in [1.54, 1.807) is 11.8 Å². The Kier molecular flexibility index (Phi) is 3.14. The molecule has 1 atom stereocenters. The summed E-state index contributed by atoms with van der Waals surface area (Å²) in [6.45, 7) is 1.42. The maximum absolute atomic E-state index is 10.9. The van der Waals surface area contributed by atoms with Crippen LogP contribution in [0.15, 0.2) is 0 Å². The van der Waals surface area contributed by atoms with E-state index in [4.69, 9.17) is 5.11 Å². The summed E-state index contributed by atoms with van der Waals surface area (Å²) in [5.41, 5.74) is -1.57. The fourth-order valence-corrected chi connectivity index (χ4v) is 6.10. The van der Waals surface area contributed by atoms with E-state index >= 15 is 0 Å². The third kappa shape index (κ3) is 2.18. The molecule has 4 aliphatic carbocycles. The van der Waals surface area contributed by atoms with Crippen molar-refractivity contribution in [1.29, 1.82) is 0 Å². The van der Waals surface area contributed by atoms with E-state index in [9.17, 15) is 9.90 Å². The minimum Gasteiger partial charge on any atom is -0.479 e. The normalized spacial score (nSPS) is 44.9. The van der Waals surface area contributed by atoms with Gasteiger partial charge in [-0.15, -0.1) is 0 Å². The Morgan fingerprint density at radius 2 is 1.67 bits per heavy atom. The average Bonchev–Trinajstić information content (AvgIpc) is 2.26. The molecule has 0 spiro atoms. The van der Waals surface area contributed by atoms with Crippen LogP contribution in [-0.2, 0) is 4.79 Å². The SMILES string of the molecule is CC(O)(CSC1C2CC3CC(C2)CC1C3)C(=O)O. The van der Waals surface area contributed by atoms with E-state index in [0.717, 1.165) is 23.7 Å². The fraction of sp³-hybridized carbons (Fsp3) is 0.929. The van der Waals surface area contributed by atoms with Crippen LogP contribution in [0.3, 0.4) is 0 Å². The molecule has 4 bridgehead atoms. The lowest BCUT2D eigenvalue weighted by atomic mass is 9.56. The molecule has 2 N–H and O–H groups in total. The Balaban J connectivity index is 1.62. The summed E-state index contributed by atoms with van der Waals surface area (Å²) in [6, 6.07) is 0. The molecule has 102 valence electrons. The number of thioether (sulfide) groups is 1. The molecule has 4 fully saturated rings. The quantitative estimate of drug-likeness (QED) is 0.823. The number of carboxylic acids is 1. The predicted molar refractivity (Wildman–Crippen MR) is 71.6 cm³/mol. The second kappa shape index (κ2) is 4.41. The van der Waals surface area contributed by atoms with Gasteiger partial charge in [0, 0.05) is 11.0 Å². The Labute approximate surface area is 112 Å². The van der Waals surface area contributed by atoms with Crippen molar-refractivity contribution in [1.82, 2.24) is 0 Å². The summed E-state index contributed by atoms with van der Waals surface area (Å²) in [5.74, 6) is 2.70. The van der Waals surface area contributed by atoms with Gasteiger partial charge in [-0.1, -0.05) is 0 Å². The van der Waals surface area contributed by atoms with Crippen LogP contribution in [-0.4, -0.2) is 32.8 Å². The van der Waals surface area contributed by atoms with Crippen LogP contribution in [0.1, 0.15) is 39.0 Å². The van der Waals surface area contributed by atoms with Gasteiger partial charge >= 0.3 is 5.97 Å². The zero-order valence-corrected chi connectivity index (χ0v) is 11.7. The molecule has 0 aromatic heterocycles. The topological polar surface area (TPSA) is 57.5 Å². The first-order chi connectivity index (χ1) is 8.45. The number of rotatable bonds is 4. The van der Waals surface area contributed by atoms with Crippen molar-refractivity contribution in [2.45, 2.75) is 49.9 Å². The third-order valence-corrected chi connectivity index (χ3v) is 7.04. The van der Waals surface area contributed by atoms with Gasteiger partial charge in [-0.05, 0) is 62.7 Å². The Morgan fingerprint density at radius 3 is 2.11 bits per heavy atom. The molecule has 4 rings (SSSR count). The summed E-state index contributed by atoms with van der Waals surface area (Å²) in [4.78, 5) is 10.9. The van der Waals surface area contributed by atoms with E-state index < -0.39 is 11.6 Å². The third-order valence-electron chi connectivity index (χ3n) is 5.16. The van der Waals surface area contributed by atoms with E-state index in [0.29, 0.717) is 11.0 Å². The Hall–Kier alpha value is -0.220. The van der Waals surface area contributed by atoms with Crippen LogP contribution < -0.4 is 0 Å². The van der Waals surface area contributed by atoms with Crippen LogP contribution >= 0.6 is 11.8 Å².